The first-order valence-electron chi connectivity index (χ1n) is 8.38. The zero-order valence-corrected chi connectivity index (χ0v) is 16.4. The number of hydrogen-bond donors (Lipinski definition) is 0. The summed E-state index contributed by atoms with van der Waals surface area (Å²) < 4.78 is 19.3. The predicted octanol–water partition coefficient (Wildman–Crippen LogP) is 5.69. The maximum atomic E-state index is 14.2. The third-order valence-corrected chi connectivity index (χ3v) is 19.9. The van der Waals surface area contributed by atoms with Crippen LogP contribution in [0, 0.1) is 0 Å². The van der Waals surface area contributed by atoms with Crippen LogP contribution in [0.15, 0.2) is 30.3 Å². The molecule has 0 aromatic heterocycles. The monoisotopic (exact) mass is 386 g/mol. The van der Waals surface area contributed by atoms with Crippen LogP contribution in [-0.2, 0) is 0 Å². The average Bonchev–Trinajstić information content (AvgIpc) is 2.50. The minimum absolute atomic E-state index is 0.584. The van der Waals surface area contributed by atoms with Crippen LogP contribution in [0.4, 0.5) is 4.39 Å². The van der Waals surface area contributed by atoms with Gasteiger partial charge in [0.05, 0.1) is 0 Å². The molecule has 0 fully saturated rings. The molecule has 0 spiro atoms. The second-order valence-electron chi connectivity index (χ2n) is 6.06. The van der Waals surface area contributed by atoms with Gasteiger partial charge in [0, 0.05) is 0 Å². The van der Waals surface area contributed by atoms with Crippen molar-refractivity contribution in [1.29, 1.82) is 0 Å². The van der Waals surface area contributed by atoms with Crippen LogP contribution in [0.1, 0.15) is 52.9 Å². The van der Waals surface area contributed by atoms with Gasteiger partial charge in [-0.05, 0) is 0 Å². The van der Waals surface area contributed by atoms with Crippen LogP contribution in [0.25, 0.3) is 0 Å². The fourth-order valence-corrected chi connectivity index (χ4v) is 19.0. The van der Waals surface area contributed by atoms with Gasteiger partial charge in [0.1, 0.15) is 0 Å². The van der Waals surface area contributed by atoms with E-state index in [0.717, 1.165) is 4.44 Å². The third-order valence-electron chi connectivity index (χ3n) is 4.46. The number of benzene rings is 1. The second kappa shape index (κ2) is 9.81. The van der Waals surface area contributed by atoms with Gasteiger partial charge < -0.3 is 0 Å². The Bertz CT molecular complexity index is 342. The van der Waals surface area contributed by atoms with Gasteiger partial charge in [0.2, 0.25) is 0 Å². The zero-order valence-electron chi connectivity index (χ0n) is 13.5. The molecule has 1 unspecified atom stereocenters. The number of unbranched alkanes of at least 4 members (excludes halogenated alkanes) is 2. The van der Waals surface area contributed by atoms with Crippen molar-refractivity contribution in [3.05, 3.63) is 30.3 Å². The Morgan fingerprint density at radius 1 is 0.950 bits per heavy atom. The Kier molecular flexibility index (Phi) is 8.83. The number of hydrogen-bond acceptors (Lipinski definition) is 0. The summed E-state index contributed by atoms with van der Waals surface area (Å²) in [7, 11) is 0. The Labute approximate surface area is 129 Å². The molecule has 1 aromatic rings. The van der Waals surface area contributed by atoms with Crippen molar-refractivity contribution in [3.63, 3.8) is 0 Å². The summed E-state index contributed by atoms with van der Waals surface area (Å²) in [5, 5.41) is 0. The van der Waals surface area contributed by atoms with Gasteiger partial charge in [-0.2, -0.15) is 0 Å². The van der Waals surface area contributed by atoms with Gasteiger partial charge in [-0.3, -0.25) is 0 Å². The third kappa shape index (κ3) is 5.38. The normalized spacial score (nSPS) is 13.4. The zero-order chi connectivity index (χ0) is 14.8. The molecule has 1 aromatic carbocycles. The summed E-state index contributed by atoms with van der Waals surface area (Å²) in [6, 6.07) is 11.0. The molecule has 1 atom stereocenters. The summed E-state index contributed by atoms with van der Waals surface area (Å²) in [6.45, 7) is 6.51. The maximum absolute atomic E-state index is 14.2. The van der Waals surface area contributed by atoms with Crippen molar-refractivity contribution in [2.24, 2.45) is 0 Å². The molecule has 0 saturated heterocycles. The predicted molar refractivity (Wildman–Crippen MR) is 91.3 cm³/mol. The van der Waals surface area contributed by atoms with Gasteiger partial charge >= 0.3 is 129 Å². The average molecular weight is 385 g/mol. The van der Waals surface area contributed by atoms with Crippen molar-refractivity contribution >= 4 is 22.0 Å². The SMILES string of the molecule is CCC[CH2][Sn]([CH2]CCC)([CH2]C(F)CC)[c]1ccccc1. The molecular formula is C18H31FSn. The number of alkyl halides is 1. The molecule has 0 aliphatic carbocycles. The Balaban J connectivity index is 3.03. The van der Waals surface area contributed by atoms with Gasteiger partial charge in [-0.1, -0.05) is 0 Å². The van der Waals surface area contributed by atoms with Crippen LogP contribution in [0.5, 0.6) is 0 Å². The first-order valence-corrected chi connectivity index (χ1v) is 15.9. The van der Waals surface area contributed by atoms with E-state index in [1.165, 1.54) is 34.6 Å². The molecule has 1 rings (SSSR count). The van der Waals surface area contributed by atoms with E-state index in [1.54, 1.807) is 3.58 Å². The van der Waals surface area contributed by atoms with Crippen molar-refractivity contribution in [1.82, 2.24) is 0 Å². The van der Waals surface area contributed by atoms with E-state index >= 15 is 0 Å². The van der Waals surface area contributed by atoms with Gasteiger partial charge in [0.15, 0.2) is 0 Å². The van der Waals surface area contributed by atoms with E-state index < -0.39 is 24.5 Å². The molecule has 0 N–H and O–H groups in total. The van der Waals surface area contributed by atoms with Crippen LogP contribution >= 0.6 is 0 Å². The van der Waals surface area contributed by atoms with E-state index in [-0.39, 0.29) is 0 Å². The van der Waals surface area contributed by atoms with Crippen LogP contribution in [0.2, 0.25) is 13.3 Å². The van der Waals surface area contributed by atoms with Gasteiger partial charge in [-0.15, -0.1) is 0 Å². The molecule has 2 heteroatoms. The number of rotatable bonds is 10. The number of halogens is 1. The topological polar surface area (TPSA) is 0 Å². The van der Waals surface area contributed by atoms with E-state index in [0.29, 0.717) is 6.42 Å². The van der Waals surface area contributed by atoms with E-state index in [4.69, 9.17) is 0 Å². The molecule has 0 aliphatic heterocycles. The molecule has 0 bridgehead atoms. The Hall–Kier alpha value is -0.0513. The fraction of sp³-hybridized carbons (Fsp3) is 0.667. The van der Waals surface area contributed by atoms with Crippen molar-refractivity contribution in [3.8, 4) is 0 Å². The molecule has 114 valence electrons. The molecule has 0 radical (unpaired) electrons. The first kappa shape index (κ1) is 18.0. The quantitative estimate of drug-likeness (QED) is 0.454. The van der Waals surface area contributed by atoms with Crippen molar-refractivity contribution < 1.29 is 4.39 Å². The molecule has 0 amide bonds. The molecule has 0 saturated carbocycles. The van der Waals surface area contributed by atoms with E-state index in [2.05, 4.69) is 44.2 Å². The molecule has 0 aliphatic rings. The first-order chi connectivity index (χ1) is 9.68. The Morgan fingerprint density at radius 2 is 1.50 bits per heavy atom. The van der Waals surface area contributed by atoms with Crippen LogP contribution in [0.3, 0.4) is 0 Å². The summed E-state index contributed by atoms with van der Waals surface area (Å²) in [4.78, 5) is 0. The molecule has 20 heavy (non-hydrogen) atoms. The minimum atomic E-state index is -2.55. The summed E-state index contributed by atoms with van der Waals surface area (Å²) >= 11 is -2.55. The summed E-state index contributed by atoms with van der Waals surface area (Å²) in [5.41, 5.74) is 0. The van der Waals surface area contributed by atoms with E-state index in [9.17, 15) is 4.39 Å². The second-order valence-corrected chi connectivity index (χ2v) is 19.0. The standard InChI is InChI=1S/C6H5.C4H8F.2C4H9.Sn/c1-2-4-6-5-3-1;1-3-4(2)5;2*1-3-4-2;/h1-5H;4H,2-3H2,1H3;2*1,3-4H2,2H3;. The summed E-state index contributed by atoms with van der Waals surface area (Å²) in [6.07, 6.45) is 5.14. The summed E-state index contributed by atoms with van der Waals surface area (Å²) in [5.74, 6) is 0. The molecular weight excluding hydrogens is 354 g/mol. The fourth-order valence-electron chi connectivity index (χ4n) is 3.13. The molecule has 0 heterocycles. The van der Waals surface area contributed by atoms with Crippen molar-refractivity contribution in [2.75, 3.05) is 0 Å². The van der Waals surface area contributed by atoms with Gasteiger partial charge in [0.25, 0.3) is 0 Å². The van der Waals surface area contributed by atoms with Crippen LogP contribution < -0.4 is 3.58 Å². The van der Waals surface area contributed by atoms with E-state index in [1.807, 2.05) is 6.92 Å². The van der Waals surface area contributed by atoms with Gasteiger partial charge in [-0.25, -0.2) is 0 Å². The van der Waals surface area contributed by atoms with Crippen molar-refractivity contribution in [2.45, 2.75) is 72.4 Å². The molecule has 0 nitrogen and oxygen atoms in total. The Morgan fingerprint density at radius 3 is 1.95 bits per heavy atom. The van der Waals surface area contributed by atoms with Crippen LogP contribution in [-0.4, -0.2) is 24.5 Å².